The number of nitrogens with zero attached hydrogens (tertiary/aromatic N) is 2. The van der Waals surface area contributed by atoms with Gasteiger partial charge in [-0.05, 0) is 25.0 Å². The second-order valence-corrected chi connectivity index (χ2v) is 10.5. The number of aromatic nitrogens is 2. The van der Waals surface area contributed by atoms with E-state index in [-0.39, 0.29) is 26.3 Å². The van der Waals surface area contributed by atoms with Crippen LogP contribution in [0.2, 0.25) is 0 Å². The van der Waals surface area contributed by atoms with E-state index < -0.39 is 67.1 Å². The Bertz CT molecular complexity index is 1060. The normalized spacial score (nSPS) is 34.9. The minimum atomic E-state index is -1.62. The fraction of sp³-hybridized carbons (Fsp3) is 0.741. The van der Waals surface area contributed by atoms with Crippen molar-refractivity contribution >= 4 is 11.0 Å². The maximum atomic E-state index is 13.7. The van der Waals surface area contributed by atoms with Crippen LogP contribution in [-0.2, 0) is 32.0 Å². The van der Waals surface area contributed by atoms with Gasteiger partial charge >= 0.3 is 5.69 Å². The number of hydrogen-bond acceptors (Lipinski definition) is 11. The highest BCUT2D eigenvalue weighted by Crippen LogP contribution is 2.27. The lowest BCUT2D eigenvalue weighted by atomic mass is 9.98. The van der Waals surface area contributed by atoms with Gasteiger partial charge in [-0.3, -0.25) is 9.13 Å². The lowest BCUT2D eigenvalue weighted by molar-refractivity contribution is -0.292. The van der Waals surface area contributed by atoms with Crippen LogP contribution in [0.5, 0.6) is 0 Å². The summed E-state index contributed by atoms with van der Waals surface area (Å²) in [5.41, 5.74) is 0.476. The van der Waals surface area contributed by atoms with Crippen molar-refractivity contribution in [1.29, 1.82) is 0 Å². The Hall–Kier alpha value is -1.91. The highest BCUT2D eigenvalue weighted by molar-refractivity contribution is 5.76. The topological polar surface area (TPSA) is 185 Å². The van der Waals surface area contributed by atoms with E-state index in [9.17, 15) is 35.4 Å². The monoisotopic (exact) mass is 570 g/mol. The number of para-hydroxylation sites is 2. The average Bonchev–Trinajstić information content (AvgIpc) is 3.20. The zero-order valence-electron chi connectivity index (χ0n) is 22.9. The molecule has 10 atom stereocenters. The molecule has 0 unspecified atom stereocenters. The first kappa shape index (κ1) is 31.0. The number of imidazole rings is 1. The molecular weight excluding hydrogens is 528 g/mol. The highest BCUT2D eigenvalue weighted by Gasteiger charge is 2.46. The van der Waals surface area contributed by atoms with Gasteiger partial charge < -0.3 is 49.6 Å². The third-order valence-corrected chi connectivity index (χ3v) is 7.59. The second-order valence-electron chi connectivity index (χ2n) is 10.5. The van der Waals surface area contributed by atoms with Crippen LogP contribution >= 0.6 is 0 Å². The van der Waals surface area contributed by atoms with Gasteiger partial charge in [-0.15, -0.1) is 0 Å². The zero-order valence-corrected chi connectivity index (χ0v) is 22.9. The van der Waals surface area contributed by atoms with Crippen molar-refractivity contribution in [2.24, 2.45) is 0 Å². The van der Waals surface area contributed by atoms with Gasteiger partial charge in [0.25, 0.3) is 0 Å². The Morgan fingerprint density at radius 1 is 0.700 bits per heavy atom. The number of aliphatic hydroxyl groups is 6. The maximum Gasteiger partial charge on any atom is 0.329 e. The molecule has 6 N–H and O–H groups in total. The van der Waals surface area contributed by atoms with E-state index in [1.54, 1.807) is 24.3 Å². The number of rotatable bonds is 12. The van der Waals surface area contributed by atoms with Crippen LogP contribution in [0.1, 0.15) is 39.5 Å². The van der Waals surface area contributed by atoms with Crippen LogP contribution < -0.4 is 5.69 Å². The third-order valence-electron chi connectivity index (χ3n) is 7.59. The molecule has 0 amide bonds. The van der Waals surface area contributed by atoms with Crippen LogP contribution in [0.15, 0.2) is 29.1 Å². The van der Waals surface area contributed by atoms with E-state index in [4.69, 9.17) is 18.9 Å². The molecule has 2 aliphatic heterocycles. The van der Waals surface area contributed by atoms with Crippen LogP contribution in [-0.4, -0.2) is 114 Å². The number of ether oxygens (including phenoxy) is 4. The Morgan fingerprint density at radius 2 is 1.10 bits per heavy atom. The Morgan fingerprint density at radius 3 is 1.48 bits per heavy atom. The lowest BCUT2D eigenvalue weighted by Gasteiger charge is -2.40. The first-order valence-electron chi connectivity index (χ1n) is 14.0. The van der Waals surface area contributed by atoms with Gasteiger partial charge in [0.15, 0.2) is 12.6 Å². The molecule has 2 fully saturated rings. The van der Waals surface area contributed by atoms with Crippen LogP contribution in [0.25, 0.3) is 11.0 Å². The smallest absolute Gasteiger partial charge is 0.329 e. The van der Waals surface area contributed by atoms with Crippen molar-refractivity contribution in [1.82, 2.24) is 9.13 Å². The summed E-state index contributed by atoms with van der Waals surface area (Å²) in [4.78, 5) is 13.7. The van der Waals surface area contributed by atoms with Crippen molar-refractivity contribution in [3.8, 4) is 0 Å². The summed E-state index contributed by atoms with van der Waals surface area (Å²) in [7, 11) is 0. The maximum absolute atomic E-state index is 13.7. The van der Waals surface area contributed by atoms with Crippen LogP contribution in [0.3, 0.4) is 0 Å². The molecule has 226 valence electrons. The molecule has 1 aromatic heterocycles. The Balaban J connectivity index is 1.59. The molecule has 13 nitrogen and oxygen atoms in total. The molecule has 0 bridgehead atoms. The summed E-state index contributed by atoms with van der Waals surface area (Å²) in [6.07, 6.45) is -10.1. The highest BCUT2D eigenvalue weighted by atomic mass is 16.7. The quantitative estimate of drug-likeness (QED) is 0.173. The standard InChI is InChI=1S/C27H42N2O11/c1-3-5-11-37-23-19(30)17(39-25(34)21(23)32)13-28-15-9-7-8-10-16(15)29(27(28)36)14-18-20(31)24(38-12-6-4-2)22(33)26(35)40-18/h7-10,17-26,30-35H,3-6,11-14H2,1-2H3/t17-,18+,19-,20-,21+,22-,23+,24-,25-,26+/m0/s1. The minimum Gasteiger partial charge on any atom is -0.388 e. The van der Waals surface area contributed by atoms with Crippen LogP contribution in [0.4, 0.5) is 0 Å². The molecular formula is C27H42N2O11. The van der Waals surface area contributed by atoms with E-state index in [0.29, 0.717) is 23.9 Å². The number of hydrogen-bond donors (Lipinski definition) is 6. The van der Waals surface area contributed by atoms with Gasteiger partial charge in [0.1, 0.15) is 48.8 Å². The van der Waals surface area contributed by atoms with Gasteiger partial charge in [0.05, 0.1) is 24.1 Å². The van der Waals surface area contributed by atoms with Gasteiger partial charge in [-0.1, -0.05) is 38.8 Å². The predicted octanol–water partition coefficient (Wildman–Crippen LogP) is -0.948. The zero-order chi connectivity index (χ0) is 29.0. The second kappa shape index (κ2) is 13.8. The summed E-state index contributed by atoms with van der Waals surface area (Å²) in [5, 5.41) is 63.2. The molecule has 4 rings (SSSR count). The minimum absolute atomic E-state index is 0.164. The molecule has 0 spiro atoms. The fourth-order valence-corrected chi connectivity index (χ4v) is 5.24. The fourth-order valence-electron chi connectivity index (χ4n) is 5.24. The molecule has 13 heteroatoms. The first-order valence-corrected chi connectivity index (χ1v) is 14.0. The van der Waals surface area contributed by atoms with Crippen LogP contribution in [0, 0.1) is 0 Å². The summed E-state index contributed by atoms with van der Waals surface area (Å²) < 4.78 is 25.0. The summed E-state index contributed by atoms with van der Waals surface area (Å²) in [6.45, 7) is 4.18. The molecule has 2 aliphatic rings. The van der Waals surface area contributed by atoms with E-state index in [1.807, 2.05) is 13.8 Å². The number of unbranched alkanes of at least 4 members (excludes halogenated alkanes) is 2. The molecule has 2 aromatic rings. The largest absolute Gasteiger partial charge is 0.388 e. The number of benzene rings is 1. The first-order chi connectivity index (χ1) is 19.2. The number of aliphatic hydroxyl groups excluding tert-OH is 6. The SMILES string of the molecule is CCCCO[C@@H]1[C@@H](O)[C@H](Cn2c(=O)n(C[C@H]3O[C@@H](O)[C@@H](O)[C@@H](OCCCC)[C@H]3O)c3ccccc32)O[C@H](O)[C@@H]1O. The van der Waals surface area contributed by atoms with Gasteiger partial charge in [0, 0.05) is 13.2 Å². The van der Waals surface area contributed by atoms with Crippen molar-refractivity contribution in [2.75, 3.05) is 13.2 Å². The Labute approximate surface area is 232 Å². The van der Waals surface area contributed by atoms with E-state index in [2.05, 4.69) is 0 Å². The average molecular weight is 571 g/mol. The lowest BCUT2D eigenvalue weighted by Crippen LogP contribution is -2.60. The van der Waals surface area contributed by atoms with Gasteiger partial charge in [0.2, 0.25) is 0 Å². The summed E-state index contributed by atoms with van der Waals surface area (Å²) in [5.74, 6) is 0. The van der Waals surface area contributed by atoms with Crippen molar-refractivity contribution in [3.63, 3.8) is 0 Å². The predicted molar refractivity (Wildman–Crippen MR) is 141 cm³/mol. The van der Waals surface area contributed by atoms with Gasteiger partial charge in [-0.2, -0.15) is 0 Å². The molecule has 3 heterocycles. The molecule has 2 saturated heterocycles. The molecule has 1 aromatic carbocycles. The Kier molecular flexibility index (Phi) is 10.7. The molecule has 0 radical (unpaired) electrons. The molecule has 0 aliphatic carbocycles. The van der Waals surface area contributed by atoms with Crippen molar-refractivity contribution in [2.45, 2.75) is 114 Å². The van der Waals surface area contributed by atoms with E-state index in [0.717, 1.165) is 12.8 Å². The third kappa shape index (κ3) is 6.44. The van der Waals surface area contributed by atoms with E-state index in [1.165, 1.54) is 9.13 Å². The number of fused-ring (bicyclic) bond motifs is 1. The summed E-state index contributed by atoms with van der Waals surface area (Å²) >= 11 is 0. The molecule has 0 saturated carbocycles. The van der Waals surface area contributed by atoms with Gasteiger partial charge in [-0.25, -0.2) is 4.79 Å². The molecule has 40 heavy (non-hydrogen) atoms. The van der Waals surface area contributed by atoms with Crippen molar-refractivity contribution < 1.29 is 49.6 Å². The van der Waals surface area contributed by atoms with E-state index >= 15 is 0 Å². The summed E-state index contributed by atoms with van der Waals surface area (Å²) in [6, 6.07) is 6.88. The van der Waals surface area contributed by atoms with Crippen molar-refractivity contribution in [3.05, 3.63) is 34.7 Å².